The van der Waals surface area contributed by atoms with Crippen LogP contribution in [-0.4, -0.2) is 5.84 Å². The van der Waals surface area contributed by atoms with Crippen LogP contribution in [0.5, 0.6) is 0 Å². The Bertz CT molecular complexity index is 361. The lowest BCUT2D eigenvalue weighted by atomic mass is 10.3. The number of hydrogen-bond donors (Lipinski definition) is 2. The van der Waals surface area contributed by atoms with Crippen molar-refractivity contribution in [3.63, 3.8) is 0 Å². The quantitative estimate of drug-likeness (QED) is 0.554. The molecule has 0 spiro atoms. The monoisotopic (exact) mass is 193 g/mol. The Labute approximate surface area is 81.9 Å². The van der Waals surface area contributed by atoms with E-state index in [0.717, 1.165) is 0 Å². The summed E-state index contributed by atoms with van der Waals surface area (Å²) >= 11 is 0. The van der Waals surface area contributed by atoms with Crippen LogP contribution >= 0.6 is 0 Å². The number of hydrogen-bond acceptors (Lipinski definition) is 2. The van der Waals surface area contributed by atoms with Gasteiger partial charge in [-0.05, 0) is 37.3 Å². The van der Waals surface area contributed by atoms with Crippen molar-refractivity contribution in [2.24, 2.45) is 16.5 Å². The summed E-state index contributed by atoms with van der Waals surface area (Å²) in [5, 5.41) is 0. The molecule has 0 saturated heterocycles. The van der Waals surface area contributed by atoms with Gasteiger partial charge in [0.05, 0.1) is 5.69 Å². The molecule has 0 aliphatic rings. The molecule has 1 aromatic rings. The Morgan fingerprint density at radius 1 is 1.29 bits per heavy atom. The average molecular weight is 193 g/mol. The number of aliphatic imine (C=N–C) groups is 1. The van der Waals surface area contributed by atoms with Gasteiger partial charge in [-0.1, -0.05) is 0 Å². The van der Waals surface area contributed by atoms with Crippen LogP contribution in [0.25, 0.3) is 0 Å². The van der Waals surface area contributed by atoms with Gasteiger partial charge in [0, 0.05) is 5.70 Å². The van der Waals surface area contributed by atoms with Crippen molar-refractivity contribution in [1.82, 2.24) is 0 Å². The molecule has 0 fully saturated rings. The zero-order chi connectivity index (χ0) is 10.6. The fraction of sp³-hybridized carbons (Fsp3) is 0.100. The van der Waals surface area contributed by atoms with E-state index in [1.807, 2.05) is 0 Å². The normalized spacial score (nSPS) is 13.0. The van der Waals surface area contributed by atoms with Crippen molar-refractivity contribution >= 4 is 11.5 Å². The second-order valence-electron chi connectivity index (χ2n) is 2.90. The van der Waals surface area contributed by atoms with Crippen LogP contribution in [0.1, 0.15) is 6.92 Å². The van der Waals surface area contributed by atoms with Crippen LogP contribution < -0.4 is 11.5 Å². The topological polar surface area (TPSA) is 64.4 Å². The molecule has 4 heteroatoms. The summed E-state index contributed by atoms with van der Waals surface area (Å²) in [6, 6.07) is 5.74. The van der Waals surface area contributed by atoms with Crippen LogP contribution in [0.2, 0.25) is 0 Å². The van der Waals surface area contributed by atoms with Gasteiger partial charge in [0.2, 0.25) is 0 Å². The highest BCUT2D eigenvalue weighted by Crippen LogP contribution is 2.11. The fourth-order valence-corrected chi connectivity index (χ4v) is 0.930. The Morgan fingerprint density at radius 3 is 2.36 bits per heavy atom. The summed E-state index contributed by atoms with van der Waals surface area (Å²) in [5.41, 5.74) is 12.1. The number of amidine groups is 1. The van der Waals surface area contributed by atoms with E-state index >= 15 is 0 Å². The summed E-state index contributed by atoms with van der Waals surface area (Å²) in [6.07, 6.45) is 1.54. The highest BCUT2D eigenvalue weighted by atomic mass is 19.1. The fourth-order valence-electron chi connectivity index (χ4n) is 0.930. The molecule has 0 amide bonds. The number of allylic oxidation sites excluding steroid dienone is 1. The predicted molar refractivity (Wildman–Crippen MR) is 55.6 cm³/mol. The van der Waals surface area contributed by atoms with Crippen LogP contribution in [0.3, 0.4) is 0 Å². The number of nitrogens with zero attached hydrogens (tertiary/aromatic N) is 1. The summed E-state index contributed by atoms with van der Waals surface area (Å²) in [6.45, 7) is 1.72. The smallest absolute Gasteiger partial charge is 0.125 e. The minimum atomic E-state index is -0.298. The zero-order valence-corrected chi connectivity index (χ0v) is 7.87. The molecule has 0 aliphatic carbocycles. The first-order chi connectivity index (χ1) is 6.58. The molecule has 14 heavy (non-hydrogen) atoms. The highest BCUT2D eigenvalue weighted by molar-refractivity contribution is 5.93. The summed E-state index contributed by atoms with van der Waals surface area (Å²) in [7, 11) is 0. The SMILES string of the molecule is CC(N)=CC(N)=Nc1ccc(F)cc1. The zero-order valence-electron chi connectivity index (χ0n) is 7.87. The van der Waals surface area contributed by atoms with E-state index in [9.17, 15) is 4.39 Å². The van der Waals surface area contributed by atoms with Gasteiger partial charge in [-0.2, -0.15) is 0 Å². The van der Waals surface area contributed by atoms with Crippen molar-refractivity contribution in [2.45, 2.75) is 6.92 Å². The summed E-state index contributed by atoms with van der Waals surface area (Å²) < 4.78 is 12.5. The van der Waals surface area contributed by atoms with Gasteiger partial charge < -0.3 is 11.5 Å². The molecule has 4 N–H and O–H groups in total. The van der Waals surface area contributed by atoms with E-state index in [1.165, 1.54) is 12.1 Å². The molecule has 0 bridgehead atoms. The van der Waals surface area contributed by atoms with Crippen molar-refractivity contribution in [3.8, 4) is 0 Å². The molecule has 0 atom stereocenters. The molecule has 0 unspecified atom stereocenters. The maximum Gasteiger partial charge on any atom is 0.125 e. The first kappa shape index (κ1) is 10.2. The van der Waals surface area contributed by atoms with Crippen molar-refractivity contribution < 1.29 is 4.39 Å². The molecule has 0 aliphatic heterocycles. The molecule has 0 heterocycles. The van der Waals surface area contributed by atoms with E-state index in [-0.39, 0.29) is 5.82 Å². The number of benzene rings is 1. The standard InChI is InChI=1S/C10H12FN3/c1-7(12)6-10(13)14-9-4-2-8(11)3-5-9/h2-6H,12H2,1H3,(H2,13,14). The van der Waals surface area contributed by atoms with E-state index in [2.05, 4.69) is 4.99 Å². The Morgan fingerprint density at radius 2 is 1.86 bits per heavy atom. The average Bonchev–Trinajstić information content (AvgIpc) is 2.07. The lowest BCUT2D eigenvalue weighted by molar-refractivity contribution is 0.628. The second-order valence-corrected chi connectivity index (χ2v) is 2.90. The predicted octanol–water partition coefficient (Wildman–Crippen LogP) is 1.68. The van der Waals surface area contributed by atoms with Crippen LogP contribution in [-0.2, 0) is 0 Å². The van der Waals surface area contributed by atoms with Crippen LogP contribution in [0.15, 0.2) is 41.0 Å². The van der Waals surface area contributed by atoms with Gasteiger partial charge in [-0.3, -0.25) is 0 Å². The van der Waals surface area contributed by atoms with Crippen molar-refractivity contribution in [2.75, 3.05) is 0 Å². The minimum absolute atomic E-state index is 0.298. The van der Waals surface area contributed by atoms with E-state index in [0.29, 0.717) is 17.2 Å². The third-order valence-corrected chi connectivity index (χ3v) is 1.46. The highest BCUT2D eigenvalue weighted by Gasteiger charge is 1.92. The Kier molecular flexibility index (Phi) is 3.23. The van der Waals surface area contributed by atoms with Gasteiger partial charge in [-0.15, -0.1) is 0 Å². The van der Waals surface area contributed by atoms with Gasteiger partial charge in [0.15, 0.2) is 0 Å². The summed E-state index contributed by atoms with van der Waals surface area (Å²) in [5.74, 6) is 0.00433. The third-order valence-electron chi connectivity index (χ3n) is 1.46. The largest absolute Gasteiger partial charge is 0.402 e. The Hall–Kier alpha value is -1.84. The van der Waals surface area contributed by atoms with Crippen molar-refractivity contribution in [3.05, 3.63) is 41.9 Å². The van der Waals surface area contributed by atoms with Gasteiger partial charge in [-0.25, -0.2) is 9.38 Å². The first-order valence-corrected chi connectivity index (χ1v) is 4.11. The molecule has 0 aromatic heterocycles. The van der Waals surface area contributed by atoms with E-state index in [4.69, 9.17) is 11.5 Å². The molecule has 0 saturated carbocycles. The second kappa shape index (κ2) is 4.41. The maximum absolute atomic E-state index is 12.5. The lowest BCUT2D eigenvalue weighted by Gasteiger charge is -1.96. The van der Waals surface area contributed by atoms with Gasteiger partial charge in [0.25, 0.3) is 0 Å². The molecule has 0 radical (unpaired) electrons. The van der Waals surface area contributed by atoms with Crippen LogP contribution in [0.4, 0.5) is 10.1 Å². The van der Waals surface area contributed by atoms with Crippen LogP contribution in [0, 0.1) is 5.82 Å². The maximum atomic E-state index is 12.5. The number of nitrogens with two attached hydrogens (primary N) is 2. The molecular weight excluding hydrogens is 181 g/mol. The number of rotatable bonds is 2. The van der Waals surface area contributed by atoms with Gasteiger partial charge >= 0.3 is 0 Å². The Balaban J connectivity index is 2.87. The van der Waals surface area contributed by atoms with E-state index < -0.39 is 0 Å². The number of halogens is 1. The summed E-state index contributed by atoms with van der Waals surface area (Å²) in [4.78, 5) is 4.01. The van der Waals surface area contributed by atoms with Gasteiger partial charge in [0.1, 0.15) is 11.7 Å². The molecular formula is C10H12FN3. The van der Waals surface area contributed by atoms with Crippen molar-refractivity contribution in [1.29, 1.82) is 0 Å². The minimum Gasteiger partial charge on any atom is -0.402 e. The lowest BCUT2D eigenvalue weighted by Crippen LogP contribution is -2.09. The molecule has 3 nitrogen and oxygen atoms in total. The first-order valence-electron chi connectivity index (χ1n) is 4.11. The molecule has 74 valence electrons. The molecule has 1 aromatic carbocycles. The third kappa shape index (κ3) is 3.26. The van der Waals surface area contributed by atoms with E-state index in [1.54, 1.807) is 25.1 Å². The molecule has 1 rings (SSSR count).